The van der Waals surface area contributed by atoms with Crippen molar-refractivity contribution in [2.24, 2.45) is 0 Å². The quantitative estimate of drug-likeness (QED) is 0.380. The Morgan fingerprint density at radius 3 is 1.61 bits per heavy atom. The predicted octanol–water partition coefficient (Wildman–Crippen LogP) is 7.82. The van der Waals surface area contributed by atoms with Gasteiger partial charge in [-0.3, -0.25) is 0 Å². The topological polar surface area (TPSA) is 0 Å². The van der Waals surface area contributed by atoms with Gasteiger partial charge in [-0.2, -0.15) is 0 Å². The number of hydrogen-bond acceptors (Lipinski definition) is 2. The highest BCUT2D eigenvalue weighted by atomic mass is 79.9. The average Bonchev–Trinajstić information content (AvgIpc) is 3.16. The summed E-state index contributed by atoms with van der Waals surface area (Å²) >= 11 is 11.3. The zero-order valence-electron chi connectivity index (χ0n) is 13.5. The third-order valence-electron chi connectivity index (χ3n) is 5.29. The minimum Gasteiger partial charge on any atom is -0.147 e. The Labute approximate surface area is 163 Å². The second kappa shape index (κ2) is 5.53. The van der Waals surface area contributed by atoms with Gasteiger partial charge in [-0.15, -0.1) is 22.7 Å². The lowest BCUT2D eigenvalue weighted by Crippen LogP contribution is -2.41. The van der Waals surface area contributed by atoms with E-state index < -0.39 is 8.07 Å². The molecule has 120 valence electrons. The molecular weight excluding hydrogens is 468 g/mol. The molecule has 2 atom stereocenters. The van der Waals surface area contributed by atoms with Crippen molar-refractivity contribution in [2.45, 2.75) is 38.0 Å². The van der Waals surface area contributed by atoms with Crippen LogP contribution in [0.1, 0.15) is 45.8 Å². The van der Waals surface area contributed by atoms with Gasteiger partial charge in [0.25, 0.3) is 0 Å². The van der Waals surface area contributed by atoms with Gasteiger partial charge >= 0.3 is 0 Å². The van der Waals surface area contributed by atoms with E-state index in [1.54, 1.807) is 20.9 Å². The van der Waals surface area contributed by atoms with Crippen LogP contribution in [0.4, 0.5) is 0 Å². The van der Waals surface area contributed by atoms with Gasteiger partial charge in [-0.1, -0.05) is 36.4 Å². The van der Waals surface area contributed by atoms with Gasteiger partial charge in [-0.05, 0) is 45.7 Å². The molecule has 0 saturated heterocycles. The lowest BCUT2D eigenvalue weighted by atomic mass is 10.2. The summed E-state index contributed by atoms with van der Waals surface area (Å²) in [6, 6.07) is 0. The van der Waals surface area contributed by atoms with Gasteiger partial charge in [0.15, 0.2) is 0 Å². The third kappa shape index (κ3) is 2.30. The Morgan fingerprint density at radius 1 is 0.826 bits per heavy atom. The van der Waals surface area contributed by atoms with Crippen LogP contribution in [0.2, 0.25) is 13.1 Å². The summed E-state index contributed by atoms with van der Waals surface area (Å²) in [5, 5.41) is 4.52. The summed E-state index contributed by atoms with van der Waals surface area (Å²) < 4.78 is 2.53. The predicted molar refractivity (Wildman–Crippen MR) is 114 cm³/mol. The molecule has 2 aliphatic rings. The van der Waals surface area contributed by atoms with Crippen molar-refractivity contribution in [1.29, 1.82) is 0 Å². The summed E-state index contributed by atoms with van der Waals surface area (Å²) in [4.78, 5) is 3.17. The Morgan fingerprint density at radius 2 is 1.22 bits per heavy atom. The van der Waals surface area contributed by atoms with Crippen LogP contribution in [0, 0.1) is 0 Å². The molecule has 5 heteroatoms. The number of halogens is 2. The maximum Gasteiger partial charge on any atom is 0.0743 e. The fourth-order valence-corrected chi connectivity index (χ4v) is 14.7. The Balaban J connectivity index is 1.83. The first kappa shape index (κ1) is 16.5. The number of rotatable bonds is 2. The first-order valence-corrected chi connectivity index (χ1v) is 14.2. The lowest BCUT2D eigenvalue weighted by molar-refractivity contribution is 0.994. The molecular formula is C18H18Br2S2Si. The van der Waals surface area contributed by atoms with Gasteiger partial charge in [0.1, 0.15) is 0 Å². The van der Waals surface area contributed by atoms with E-state index >= 15 is 0 Å². The van der Waals surface area contributed by atoms with Crippen LogP contribution in [0.3, 0.4) is 0 Å². The number of allylic oxidation sites excluding steroid dienone is 2. The van der Waals surface area contributed by atoms with Gasteiger partial charge < -0.3 is 0 Å². The van der Waals surface area contributed by atoms with E-state index in [4.69, 9.17) is 0 Å². The highest BCUT2D eigenvalue weighted by molar-refractivity contribution is 9.11. The highest BCUT2D eigenvalue weighted by Gasteiger charge is 2.48. The molecule has 2 aromatic rings. The van der Waals surface area contributed by atoms with Crippen LogP contribution < -0.4 is 0 Å². The van der Waals surface area contributed by atoms with E-state index in [2.05, 4.69) is 81.7 Å². The average molecular weight is 486 g/mol. The molecule has 0 spiro atoms. The second-order valence-corrected chi connectivity index (χ2v) is 15.5. The van der Waals surface area contributed by atoms with Crippen molar-refractivity contribution < 1.29 is 0 Å². The molecule has 2 aromatic heterocycles. The van der Waals surface area contributed by atoms with Crippen molar-refractivity contribution in [3.05, 3.63) is 51.7 Å². The fourth-order valence-electron chi connectivity index (χ4n) is 4.50. The first-order chi connectivity index (χ1) is 10.8. The highest BCUT2D eigenvalue weighted by Crippen LogP contribution is 2.56. The molecule has 0 aliphatic heterocycles. The lowest BCUT2D eigenvalue weighted by Gasteiger charge is -2.37. The first-order valence-electron chi connectivity index (χ1n) is 7.72. The van der Waals surface area contributed by atoms with Gasteiger partial charge in [0.2, 0.25) is 0 Å². The third-order valence-corrected chi connectivity index (χ3v) is 14.2. The van der Waals surface area contributed by atoms with Crippen molar-refractivity contribution in [2.75, 3.05) is 0 Å². The summed E-state index contributed by atoms with van der Waals surface area (Å²) in [5.41, 5.74) is 7.25. The molecule has 0 radical (unpaired) electrons. The molecule has 0 saturated carbocycles. The van der Waals surface area contributed by atoms with E-state index in [1.807, 2.05) is 22.7 Å². The molecule has 0 N–H and O–H groups in total. The monoisotopic (exact) mass is 484 g/mol. The SMILES string of the molecule is CC1=Cc2c(Br)csc2[C@@H]1[Si](C)(C)[C@H]1C(C)=Cc2c(Br)csc21. The van der Waals surface area contributed by atoms with E-state index in [0.29, 0.717) is 11.1 Å². The van der Waals surface area contributed by atoms with E-state index in [0.717, 1.165) is 0 Å². The Kier molecular flexibility index (Phi) is 3.97. The van der Waals surface area contributed by atoms with E-state index in [1.165, 1.54) is 20.1 Å². The summed E-state index contributed by atoms with van der Waals surface area (Å²) in [7, 11) is -1.60. The van der Waals surface area contributed by atoms with Crippen molar-refractivity contribution in [3.63, 3.8) is 0 Å². The number of hydrogen-bond donors (Lipinski definition) is 0. The van der Waals surface area contributed by atoms with Crippen LogP contribution in [-0.2, 0) is 0 Å². The fraction of sp³-hybridized carbons (Fsp3) is 0.333. The zero-order valence-corrected chi connectivity index (χ0v) is 19.3. The molecule has 0 fully saturated rings. The number of thiophene rings is 2. The molecule has 23 heavy (non-hydrogen) atoms. The summed E-state index contributed by atoms with van der Waals surface area (Å²) in [6.07, 6.45) is 4.82. The smallest absolute Gasteiger partial charge is 0.0743 e. The van der Waals surface area contributed by atoms with Crippen molar-refractivity contribution in [1.82, 2.24) is 0 Å². The van der Waals surface area contributed by atoms with Crippen LogP contribution in [0.5, 0.6) is 0 Å². The maximum absolute atomic E-state index is 3.73. The molecule has 0 bridgehead atoms. The maximum atomic E-state index is 3.73. The minimum absolute atomic E-state index is 0.633. The Bertz CT molecular complexity index is 799. The zero-order chi connectivity index (χ0) is 16.5. The molecule has 0 aromatic carbocycles. The minimum atomic E-state index is -1.60. The molecule has 4 rings (SSSR count). The van der Waals surface area contributed by atoms with Gasteiger partial charge in [-0.25, -0.2) is 0 Å². The van der Waals surface area contributed by atoms with Crippen molar-refractivity contribution >= 4 is 74.8 Å². The number of fused-ring (bicyclic) bond motifs is 2. The molecule has 0 unspecified atom stereocenters. The standard InChI is InChI=1S/C18H18Br2S2Si/c1-9-5-11-13(19)7-21-15(11)17(9)23(3,4)18-10(2)6-12-14(20)8-22-16(12)18/h5-8,17-18H,1-4H3/t17-,18+. The molecule has 0 nitrogen and oxygen atoms in total. The van der Waals surface area contributed by atoms with E-state index in [9.17, 15) is 0 Å². The van der Waals surface area contributed by atoms with Crippen LogP contribution >= 0.6 is 54.5 Å². The summed E-state index contributed by atoms with van der Waals surface area (Å²) in [5.74, 6) is 0. The molecule has 2 heterocycles. The van der Waals surface area contributed by atoms with Crippen molar-refractivity contribution in [3.8, 4) is 0 Å². The van der Waals surface area contributed by atoms with Crippen LogP contribution in [0.15, 0.2) is 30.9 Å². The Hall–Kier alpha value is 0.0569. The second-order valence-electron chi connectivity index (χ2n) is 7.19. The van der Waals surface area contributed by atoms with Crippen LogP contribution in [-0.4, -0.2) is 8.07 Å². The van der Waals surface area contributed by atoms with Gasteiger partial charge in [0, 0.05) is 51.7 Å². The normalized spacial score (nSPS) is 22.9. The molecule has 2 aliphatic carbocycles. The van der Waals surface area contributed by atoms with E-state index in [-0.39, 0.29) is 0 Å². The van der Waals surface area contributed by atoms with Gasteiger partial charge in [0.05, 0.1) is 8.07 Å². The van der Waals surface area contributed by atoms with Crippen LogP contribution in [0.25, 0.3) is 12.2 Å². The summed E-state index contributed by atoms with van der Waals surface area (Å²) in [6.45, 7) is 9.83. The largest absolute Gasteiger partial charge is 0.147 e. The molecule has 0 amide bonds.